The van der Waals surface area contributed by atoms with Crippen molar-refractivity contribution in [2.75, 3.05) is 0 Å². The first-order chi connectivity index (χ1) is 8.41. The predicted octanol–water partition coefficient (Wildman–Crippen LogP) is 1.34. The molecule has 0 fully saturated rings. The molecule has 92 valence electrons. The maximum atomic E-state index is 13.6. The first kappa shape index (κ1) is 12.3. The van der Waals surface area contributed by atoms with Crippen molar-refractivity contribution in [3.63, 3.8) is 0 Å². The van der Waals surface area contributed by atoms with Crippen LogP contribution in [0.1, 0.15) is 5.56 Å². The van der Waals surface area contributed by atoms with Crippen LogP contribution in [0.4, 0.5) is 4.39 Å². The third kappa shape index (κ3) is 2.25. The van der Waals surface area contributed by atoms with Gasteiger partial charge in [-0.2, -0.15) is 5.26 Å². The number of nitrogens with zero attached hydrogens (tertiary/aromatic N) is 1. The third-order valence-corrected chi connectivity index (χ3v) is 3.26. The number of hydrogen-bond acceptors (Lipinski definition) is 3. The standard InChI is InChI=1S/C11H8FN3O2S/c12-10-2-1-7(5-13)3-9(10)11-4-8(6-15-11)18(14,16)17/h1-4,6,15H,(H2,14,16,17). The van der Waals surface area contributed by atoms with E-state index in [1.807, 2.05) is 6.07 Å². The van der Waals surface area contributed by atoms with Crippen molar-refractivity contribution in [3.8, 4) is 17.3 Å². The number of benzene rings is 1. The first-order valence-corrected chi connectivity index (χ1v) is 6.37. The van der Waals surface area contributed by atoms with Gasteiger partial charge in [-0.05, 0) is 24.3 Å². The molecule has 7 heteroatoms. The number of sulfonamides is 1. The highest BCUT2D eigenvalue weighted by atomic mass is 32.2. The van der Waals surface area contributed by atoms with Crippen LogP contribution < -0.4 is 5.14 Å². The van der Waals surface area contributed by atoms with Gasteiger partial charge in [0.05, 0.1) is 16.5 Å². The molecule has 0 aliphatic carbocycles. The summed E-state index contributed by atoms with van der Waals surface area (Å²) in [5, 5.41) is 13.7. The summed E-state index contributed by atoms with van der Waals surface area (Å²) >= 11 is 0. The Morgan fingerprint density at radius 3 is 2.61 bits per heavy atom. The zero-order valence-corrected chi connectivity index (χ0v) is 9.83. The summed E-state index contributed by atoms with van der Waals surface area (Å²) in [7, 11) is -3.84. The SMILES string of the molecule is N#Cc1ccc(F)c(-c2cc(S(N)(=O)=O)c[nH]2)c1. The fourth-order valence-corrected chi connectivity index (χ4v) is 2.00. The van der Waals surface area contributed by atoms with Crippen LogP contribution in [0.15, 0.2) is 35.4 Å². The van der Waals surface area contributed by atoms with Crippen LogP contribution in [0.5, 0.6) is 0 Å². The van der Waals surface area contributed by atoms with Crippen molar-refractivity contribution in [1.82, 2.24) is 4.98 Å². The van der Waals surface area contributed by atoms with Crippen molar-refractivity contribution >= 4 is 10.0 Å². The normalized spacial score (nSPS) is 11.2. The minimum absolute atomic E-state index is 0.115. The van der Waals surface area contributed by atoms with Gasteiger partial charge in [0, 0.05) is 17.5 Å². The minimum Gasteiger partial charge on any atom is -0.360 e. The van der Waals surface area contributed by atoms with Gasteiger partial charge in [-0.3, -0.25) is 0 Å². The molecule has 0 spiro atoms. The Morgan fingerprint density at radius 2 is 2.06 bits per heavy atom. The van der Waals surface area contributed by atoms with E-state index in [0.29, 0.717) is 0 Å². The molecule has 18 heavy (non-hydrogen) atoms. The molecule has 1 heterocycles. The predicted molar refractivity (Wildman–Crippen MR) is 62.3 cm³/mol. The van der Waals surface area contributed by atoms with Gasteiger partial charge in [0.15, 0.2) is 0 Å². The van der Waals surface area contributed by atoms with E-state index in [9.17, 15) is 12.8 Å². The lowest BCUT2D eigenvalue weighted by atomic mass is 10.1. The maximum absolute atomic E-state index is 13.6. The largest absolute Gasteiger partial charge is 0.360 e. The Morgan fingerprint density at radius 1 is 1.33 bits per heavy atom. The van der Waals surface area contributed by atoms with E-state index in [-0.39, 0.29) is 21.7 Å². The van der Waals surface area contributed by atoms with E-state index in [1.165, 1.54) is 24.4 Å². The number of aromatic nitrogens is 1. The second-order valence-electron chi connectivity index (χ2n) is 3.60. The molecule has 0 radical (unpaired) electrons. The topological polar surface area (TPSA) is 99.7 Å². The lowest BCUT2D eigenvalue weighted by molar-refractivity contribution is 0.598. The Bertz CT molecular complexity index is 744. The molecule has 0 aliphatic rings. The fraction of sp³-hybridized carbons (Fsp3) is 0. The number of halogens is 1. The van der Waals surface area contributed by atoms with Gasteiger partial charge in [0.25, 0.3) is 0 Å². The molecule has 0 unspecified atom stereocenters. The lowest BCUT2D eigenvalue weighted by Gasteiger charge is -2.00. The van der Waals surface area contributed by atoms with Gasteiger partial charge < -0.3 is 4.98 Å². The van der Waals surface area contributed by atoms with E-state index in [2.05, 4.69) is 4.98 Å². The number of H-pyrrole nitrogens is 1. The highest BCUT2D eigenvalue weighted by Gasteiger charge is 2.13. The van der Waals surface area contributed by atoms with Crippen molar-refractivity contribution in [2.45, 2.75) is 4.90 Å². The molecule has 0 aliphatic heterocycles. The van der Waals surface area contributed by atoms with Gasteiger partial charge in [-0.15, -0.1) is 0 Å². The van der Waals surface area contributed by atoms with Gasteiger partial charge in [0.1, 0.15) is 5.82 Å². The Hall–Kier alpha value is -2.17. The molecule has 0 saturated heterocycles. The highest BCUT2D eigenvalue weighted by Crippen LogP contribution is 2.24. The Labute approximate surface area is 103 Å². The van der Waals surface area contributed by atoms with E-state index in [4.69, 9.17) is 10.4 Å². The minimum atomic E-state index is -3.84. The summed E-state index contributed by atoms with van der Waals surface area (Å²) in [6.45, 7) is 0. The molecule has 0 amide bonds. The van der Waals surface area contributed by atoms with E-state index in [1.54, 1.807) is 0 Å². The van der Waals surface area contributed by atoms with Crippen molar-refractivity contribution in [1.29, 1.82) is 5.26 Å². The highest BCUT2D eigenvalue weighted by molar-refractivity contribution is 7.89. The molecule has 0 saturated carbocycles. The van der Waals surface area contributed by atoms with Crippen LogP contribution in [-0.4, -0.2) is 13.4 Å². The number of rotatable bonds is 2. The van der Waals surface area contributed by atoms with Crippen LogP contribution in [0.2, 0.25) is 0 Å². The van der Waals surface area contributed by atoms with Crippen molar-refractivity contribution < 1.29 is 12.8 Å². The Balaban J connectivity index is 2.56. The third-order valence-electron chi connectivity index (χ3n) is 2.37. The summed E-state index contributed by atoms with van der Waals surface area (Å²) in [5.74, 6) is -0.559. The quantitative estimate of drug-likeness (QED) is 0.856. The Kier molecular flexibility index (Phi) is 2.90. The summed E-state index contributed by atoms with van der Waals surface area (Å²) in [4.78, 5) is 2.47. The molecule has 5 nitrogen and oxygen atoms in total. The zero-order chi connectivity index (χ0) is 13.3. The van der Waals surface area contributed by atoms with E-state index in [0.717, 1.165) is 6.07 Å². The summed E-state index contributed by atoms with van der Waals surface area (Å²) < 4.78 is 35.8. The maximum Gasteiger partial charge on any atom is 0.239 e. The van der Waals surface area contributed by atoms with Crippen molar-refractivity contribution in [3.05, 3.63) is 41.8 Å². The van der Waals surface area contributed by atoms with Crippen LogP contribution >= 0.6 is 0 Å². The summed E-state index contributed by atoms with van der Waals surface area (Å²) in [6, 6.07) is 6.90. The van der Waals surface area contributed by atoms with Crippen molar-refractivity contribution in [2.24, 2.45) is 5.14 Å². The molecule has 1 aromatic heterocycles. The average Bonchev–Trinajstić information content (AvgIpc) is 2.78. The second-order valence-corrected chi connectivity index (χ2v) is 5.16. The summed E-state index contributed by atoms with van der Waals surface area (Å²) in [6.07, 6.45) is 1.17. The molecular weight excluding hydrogens is 257 g/mol. The van der Waals surface area contributed by atoms with Crippen LogP contribution in [0, 0.1) is 17.1 Å². The van der Waals surface area contributed by atoms with Crippen LogP contribution in [-0.2, 0) is 10.0 Å². The fourth-order valence-electron chi connectivity index (χ4n) is 1.50. The van der Waals surface area contributed by atoms with Gasteiger partial charge in [0.2, 0.25) is 10.0 Å². The zero-order valence-electron chi connectivity index (χ0n) is 9.01. The molecule has 3 N–H and O–H groups in total. The molecule has 0 atom stereocenters. The number of nitrogens with one attached hydrogen (secondary N) is 1. The molecule has 2 rings (SSSR count). The van der Waals surface area contributed by atoms with Gasteiger partial charge in [-0.1, -0.05) is 0 Å². The molecule has 1 aromatic carbocycles. The molecular formula is C11H8FN3O2S. The van der Waals surface area contributed by atoms with Gasteiger partial charge in [-0.25, -0.2) is 17.9 Å². The number of primary sulfonamides is 1. The van der Waals surface area contributed by atoms with Gasteiger partial charge >= 0.3 is 0 Å². The second kappa shape index (κ2) is 4.25. The first-order valence-electron chi connectivity index (χ1n) is 4.83. The number of nitriles is 1. The van der Waals surface area contributed by atoms with E-state index >= 15 is 0 Å². The molecule has 2 aromatic rings. The summed E-state index contributed by atoms with van der Waals surface area (Å²) in [5.41, 5.74) is 0.635. The van der Waals surface area contributed by atoms with E-state index < -0.39 is 15.8 Å². The van der Waals surface area contributed by atoms with Crippen LogP contribution in [0.25, 0.3) is 11.3 Å². The lowest BCUT2D eigenvalue weighted by Crippen LogP contribution is -2.10. The monoisotopic (exact) mass is 265 g/mol. The molecule has 0 bridgehead atoms. The number of aromatic amines is 1. The number of nitrogens with two attached hydrogens (primary N) is 1. The van der Waals surface area contributed by atoms with Crippen LogP contribution in [0.3, 0.4) is 0 Å². The smallest absolute Gasteiger partial charge is 0.239 e. The average molecular weight is 265 g/mol. The number of hydrogen-bond donors (Lipinski definition) is 2.